The molecule has 0 saturated heterocycles. The highest BCUT2D eigenvalue weighted by molar-refractivity contribution is 6.01. The van der Waals surface area contributed by atoms with E-state index in [0.29, 0.717) is 28.3 Å². The van der Waals surface area contributed by atoms with E-state index in [2.05, 4.69) is 5.10 Å². The zero-order valence-electron chi connectivity index (χ0n) is 10.6. The van der Waals surface area contributed by atoms with Crippen LogP contribution in [-0.4, -0.2) is 22.7 Å². The molecule has 0 saturated carbocycles. The summed E-state index contributed by atoms with van der Waals surface area (Å²) in [5, 5.41) is 4.21. The van der Waals surface area contributed by atoms with Crippen molar-refractivity contribution >= 4 is 17.4 Å². The fraction of sp³-hybridized carbons (Fsp3) is 0.231. The van der Waals surface area contributed by atoms with Gasteiger partial charge in [-0.1, -0.05) is 0 Å². The third kappa shape index (κ3) is 1.68. The predicted octanol–water partition coefficient (Wildman–Crippen LogP) is 1.33. The largest absolute Gasteiger partial charge is 0.384 e. The van der Waals surface area contributed by atoms with Crippen LogP contribution in [0.5, 0.6) is 0 Å². The summed E-state index contributed by atoms with van der Waals surface area (Å²) in [6.07, 6.45) is 0.221. The second-order valence-electron chi connectivity index (χ2n) is 4.67. The number of likely N-dealkylation sites (N-methyl/N-ethyl adjacent to an activating group) is 1. The lowest BCUT2D eigenvalue weighted by atomic mass is 10.1. The van der Waals surface area contributed by atoms with Gasteiger partial charge in [-0.25, -0.2) is 4.39 Å². The fourth-order valence-corrected chi connectivity index (χ4v) is 2.34. The summed E-state index contributed by atoms with van der Waals surface area (Å²) in [6.45, 7) is 0. The first-order chi connectivity index (χ1) is 8.97. The number of hydrogen-bond acceptors (Lipinski definition) is 3. The van der Waals surface area contributed by atoms with Crippen molar-refractivity contribution in [2.24, 2.45) is 7.05 Å². The molecule has 0 unspecified atom stereocenters. The second kappa shape index (κ2) is 3.81. The van der Waals surface area contributed by atoms with Crippen LogP contribution in [0.1, 0.15) is 5.56 Å². The third-order valence-electron chi connectivity index (χ3n) is 3.41. The average Bonchev–Trinajstić information content (AvgIpc) is 2.82. The molecule has 5 nitrogen and oxygen atoms in total. The van der Waals surface area contributed by atoms with Crippen LogP contribution in [-0.2, 0) is 18.3 Å². The Balaban J connectivity index is 2.14. The Morgan fingerprint density at radius 3 is 2.68 bits per heavy atom. The molecule has 1 aromatic heterocycles. The molecule has 0 atom stereocenters. The number of carbonyl (C=O) groups excluding carboxylic acids is 1. The summed E-state index contributed by atoms with van der Waals surface area (Å²) in [5.74, 6) is -0.0132. The molecule has 19 heavy (non-hydrogen) atoms. The summed E-state index contributed by atoms with van der Waals surface area (Å²) < 4.78 is 15.6. The van der Waals surface area contributed by atoms with E-state index in [-0.39, 0.29) is 12.3 Å². The first-order valence-corrected chi connectivity index (χ1v) is 5.86. The Morgan fingerprint density at radius 2 is 2.05 bits per heavy atom. The highest BCUT2D eigenvalue weighted by Crippen LogP contribution is 2.34. The number of benzene rings is 1. The van der Waals surface area contributed by atoms with Crippen LogP contribution in [0.4, 0.5) is 15.9 Å². The smallest absolute Gasteiger partial charge is 0.231 e. The van der Waals surface area contributed by atoms with Crippen LogP contribution in [0.3, 0.4) is 0 Å². The van der Waals surface area contributed by atoms with Gasteiger partial charge in [0.1, 0.15) is 11.6 Å². The molecule has 0 bridgehead atoms. The molecule has 0 spiro atoms. The summed E-state index contributed by atoms with van der Waals surface area (Å²) in [7, 11) is 3.30. The lowest BCUT2D eigenvalue weighted by Crippen LogP contribution is -2.21. The molecule has 0 aliphatic carbocycles. The van der Waals surface area contributed by atoms with Gasteiger partial charge in [0.15, 0.2) is 0 Å². The molecule has 2 aromatic rings. The number of amides is 1. The van der Waals surface area contributed by atoms with Crippen molar-refractivity contribution in [3.05, 3.63) is 29.6 Å². The standard InChI is InChI=1S/C13H13FN4O/c1-17-12(19)5-8-3-7(4-9(14)13(8)17)10-6-11(15)18(2)16-10/h3-4,6H,5,15H2,1-2H3. The van der Waals surface area contributed by atoms with Crippen molar-refractivity contribution < 1.29 is 9.18 Å². The molecule has 3 rings (SSSR count). The number of anilines is 2. The Hall–Kier alpha value is -2.37. The highest BCUT2D eigenvalue weighted by Gasteiger charge is 2.28. The van der Waals surface area contributed by atoms with Crippen molar-refractivity contribution in [1.29, 1.82) is 0 Å². The Morgan fingerprint density at radius 1 is 1.32 bits per heavy atom. The van der Waals surface area contributed by atoms with Crippen molar-refractivity contribution in [3.63, 3.8) is 0 Å². The number of nitrogens with two attached hydrogens (primary N) is 1. The molecule has 1 amide bonds. The van der Waals surface area contributed by atoms with Gasteiger partial charge in [-0.15, -0.1) is 0 Å². The third-order valence-corrected chi connectivity index (χ3v) is 3.41. The van der Waals surface area contributed by atoms with E-state index < -0.39 is 5.82 Å². The first kappa shape index (κ1) is 11.7. The van der Waals surface area contributed by atoms with Gasteiger partial charge in [-0.3, -0.25) is 9.48 Å². The Bertz CT molecular complexity index is 673. The topological polar surface area (TPSA) is 64.2 Å². The van der Waals surface area contributed by atoms with Crippen LogP contribution < -0.4 is 10.6 Å². The molecule has 1 aliphatic rings. The van der Waals surface area contributed by atoms with Gasteiger partial charge in [0.25, 0.3) is 0 Å². The summed E-state index contributed by atoms with van der Waals surface area (Å²) in [6, 6.07) is 4.86. The molecule has 1 aromatic carbocycles. The van der Waals surface area contributed by atoms with Gasteiger partial charge in [0.05, 0.1) is 17.8 Å². The van der Waals surface area contributed by atoms with Crippen LogP contribution in [0.25, 0.3) is 11.3 Å². The van der Waals surface area contributed by atoms with Crippen molar-refractivity contribution in [1.82, 2.24) is 9.78 Å². The maximum atomic E-state index is 14.1. The van der Waals surface area contributed by atoms with Gasteiger partial charge in [0.2, 0.25) is 5.91 Å². The zero-order chi connectivity index (χ0) is 13.7. The van der Waals surface area contributed by atoms with E-state index in [1.165, 1.54) is 15.6 Å². The maximum Gasteiger partial charge on any atom is 0.231 e. The molecular weight excluding hydrogens is 247 g/mol. The number of halogens is 1. The summed E-state index contributed by atoms with van der Waals surface area (Å²) in [5.41, 5.74) is 7.99. The molecule has 98 valence electrons. The number of aryl methyl sites for hydroxylation is 1. The normalized spacial score (nSPS) is 14.1. The number of rotatable bonds is 1. The minimum absolute atomic E-state index is 0.105. The van der Waals surface area contributed by atoms with E-state index >= 15 is 0 Å². The Labute approximate surface area is 109 Å². The molecular formula is C13H13FN4O. The highest BCUT2D eigenvalue weighted by atomic mass is 19.1. The summed E-state index contributed by atoms with van der Waals surface area (Å²) in [4.78, 5) is 13.0. The van der Waals surface area contributed by atoms with Gasteiger partial charge in [-0.05, 0) is 17.7 Å². The van der Waals surface area contributed by atoms with E-state index in [1.54, 1.807) is 26.2 Å². The predicted molar refractivity (Wildman–Crippen MR) is 70.1 cm³/mol. The molecule has 0 fully saturated rings. The lowest BCUT2D eigenvalue weighted by Gasteiger charge is -2.11. The van der Waals surface area contributed by atoms with E-state index in [0.717, 1.165) is 0 Å². The number of hydrogen-bond donors (Lipinski definition) is 1. The van der Waals surface area contributed by atoms with E-state index in [9.17, 15) is 9.18 Å². The number of fused-ring (bicyclic) bond motifs is 1. The monoisotopic (exact) mass is 260 g/mol. The van der Waals surface area contributed by atoms with Gasteiger partial charge in [0, 0.05) is 25.7 Å². The average molecular weight is 260 g/mol. The SMILES string of the molecule is CN1C(=O)Cc2cc(-c3cc(N)n(C)n3)cc(F)c21. The van der Waals surface area contributed by atoms with Gasteiger partial charge < -0.3 is 10.6 Å². The number of carbonyl (C=O) groups is 1. The first-order valence-electron chi connectivity index (χ1n) is 5.86. The fourth-order valence-electron chi connectivity index (χ4n) is 2.34. The van der Waals surface area contributed by atoms with Crippen molar-refractivity contribution in [2.75, 3.05) is 17.7 Å². The molecule has 6 heteroatoms. The maximum absolute atomic E-state index is 14.1. The minimum Gasteiger partial charge on any atom is -0.384 e. The molecule has 2 N–H and O–H groups in total. The van der Waals surface area contributed by atoms with Crippen molar-refractivity contribution in [3.8, 4) is 11.3 Å². The van der Waals surface area contributed by atoms with E-state index in [1.807, 2.05) is 0 Å². The van der Waals surface area contributed by atoms with Crippen LogP contribution in [0.2, 0.25) is 0 Å². The number of nitrogen functional groups attached to an aromatic ring is 1. The van der Waals surface area contributed by atoms with Gasteiger partial charge >= 0.3 is 0 Å². The lowest BCUT2D eigenvalue weighted by molar-refractivity contribution is -0.117. The van der Waals surface area contributed by atoms with E-state index in [4.69, 9.17) is 5.73 Å². The van der Waals surface area contributed by atoms with Crippen LogP contribution in [0, 0.1) is 5.82 Å². The van der Waals surface area contributed by atoms with Gasteiger partial charge in [-0.2, -0.15) is 5.10 Å². The minimum atomic E-state index is -0.412. The van der Waals surface area contributed by atoms with Crippen molar-refractivity contribution in [2.45, 2.75) is 6.42 Å². The summed E-state index contributed by atoms with van der Waals surface area (Å²) >= 11 is 0. The quantitative estimate of drug-likeness (QED) is 0.841. The zero-order valence-corrected chi connectivity index (χ0v) is 10.6. The number of aromatic nitrogens is 2. The molecule has 0 radical (unpaired) electrons. The van der Waals surface area contributed by atoms with Crippen LogP contribution >= 0.6 is 0 Å². The number of nitrogens with zero attached hydrogens (tertiary/aromatic N) is 3. The molecule has 1 aliphatic heterocycles. The molecule has 2 heterocycles. The Kier molecular flexibility index (Phi) is 2.35. The second-order valence-corrected chi connectivity index (χ2v) is 4.67. The van der Waals surface area contributed by atoms with Crippen LogP contribution in [0.15, 0.2) is 18.2 Å².